The molecule has 2 aromatic carbocycles. The Balaban J connectivity index is 1.85. The van der Waals surface area contributed by atoms with Gasteiger partial charge in [0.15, 0.2) is 12.1 Å². The van der Waals surface area contributed by atoms with Gasteiger partial charge in [-0.05, 0) is 48.8 Å². The summed E-state index contributed by atoms with van der Waals surface area (Å²) in [5.74, 6) is 1.92. The number of benzene rings is 2. The third-order valence-corrected chi connectivity index (χ3v) is 5.20. The molecule has 0 heterocycles. The second kappa shape index (κ2) is 10.1. The van der Waals surface area contributed by atoms with Gasteiger partial charge in [-0.25, -0.2) is 0 Å². The summed E-state index contributed by atoms with van der Waals surface area (Å²) < 4.78 is 11.6. The van der Waals surface area contributed by atoms with E-state index in [-0.39, 0.29) is 11.2 Å². The van der Waals surface area contributed by atoms with Gasteiger partial charge in [-0.3, -0.25) is 4.79 Å². The van der Waals surface area contributed by atoms with Crippen LogP contribution < -0.4 is 4.74 Å². The second-order valence-electron chi connectivity index (χ2n) is 9.25. The number of rotatable bonds is 9. The third kappa shape index (κ3) is 7.01. The van der Waals surface area contributed by atoms with Gasteiger partial charge in [0.2, 0.25) is 0 Å². The molecule has 3 nitrogen and oxygen atoms in total. The van der Waals surface area contributed by atoms with Gasteiger partial charge in [-0.2, -0.15) is 0 Å². The molecule has 0 bridgehead atoms. The first kappa shape index (κ1) is 23.2. The highest BCUT2D eigenvalue weighted by Crippen LogP contribution is 2.40. The van der Waals surface area contributed by atoms with Crippen molar-refractivity contribution in [2.24, 2.45) is 11.3 Å². The summed E-state index contributed by atoms with van der Waals surface area (Å²) >= 11 is 0. The van der Waals surface area contributed by atoms with Crippen LogP contribution in [-0.2, 0) is 4.74 Å². The molecule has 158 valence electrons. The first-order valence-corrected chi connectivity index (χ1v) is 10.6. The quantitative estimate of drug-likeness (QED) is 0.345. The normalized spacial score (nSPS) is 13.9. The Labute approximate surface area is 176 Å². The summed E-state index contributed by atoms with van der Waals surface area (Å²) in [7, 11) is 0. The summed E-state index contributed by atoms with van der Waals surface area (Å²) in [6, 6.07) is 15.9. The lowest BCUT2D eigenvalue weighted by molar-refractivity contribution is -0.0653. The Bertz CT molecular complexity index is 767. The Kier molecular flexibility index (Phi) is 8.04. The predicted octanol–water partition coefficient (Wildman–Crippen LogP) is 6.80. The van der Waals surface area contributed by atoms with Crippen LogP contribution in [0.5, 0.6) is 5.75 Å². The van der Waals surface area contributed by atoms with Crippen molar-refractivity contribution in [3.05, 3.63) is 65.2 Å². The van der Waals surface area contributed by atoms with E-state index in [9.17, 15) is 4.79 Å². The topological polar surface area (TPSA) is 35.5 Å². The predicted molar refractivity (Wildman–Crippen MR) is 120 cm³/mol. The fraction of sp³-hybridized carbons (Fsp3) is 0.500. The summed E-state index contributed by atoms with van der Waals surface area (Å²) in [4.78, 5) is 12.2. The van der Waals surface area contributed by atoms with Crippen molar-refractivity contribution in [1.82, 2.24) is 0 Å². The van der Waals surface area contributed by atoms with Crippen molar-refractivity contribution < 1.29 is 14.3 Å². The van der Waals surface area contributed by atoms with Crippen LogP contribution in [-0.4, -0.2) is 18.7 Å². The maximum absolute atomic E-state index is 12.2. The van der Waals surface area contributed by atoms with E-state index < -0.39 is 6.29 Å². The number of ether oxygens (including phenoxy) is 2. The molecule has 2 atom stereocenters. The average molecular weight is 397 g/mol. The maximum Gasteiger partial charge on any atom is 0.196 e. The Morgan fingerprint density at radius 2 is 1.52 bits per heavy atom. The van der Waals surface area contributed by atoms with Gasteiger partial charge >= 0.3 is 0 Å². The molecule has 0 spiro atoms. The second-order valence-corrected chi connectivity index (χ2v) is 9.25. The van der Waals surface area contributed by atoms with Crippen LogP contribution in [0, 0.1) is 18.3 Å². The molecule has 29 heavy (non-hydrogen) atoms. The van der Waals surface area contributed by atoms with Crippen LogP contribution in [0.4, 0.5) is 0 Å². The summed E-state index contributed by atoms with van der Waals surface area (Å²) in [5, 5.41) is 0. The number of ketones is 1. The highest BCUT2D eigenvalue weighted by molar-refractivity contribution is 5.96. The third-order valence-electron chi connectivity index (χ3n) is 5.20. The lowest BCUT2D eigenvalue weighted by atomic mass is 9.70. The zero-order valence-electron chi connectivity index (χ0n) is 19.0. The molecule has 0 saturated heterocycles. The highest BCUT2D eigenvalue weighted by atomic mass is 16.7. The van der Waals surface area contributed by atoms with E-state index >= 15 is 0 Å². The molecule has 2 unspecified atom stereocenters. The number of Topliss-reactive ketones (excluding diaryl/α,β-unsaturated/α-hetero) is 1. The molecular formula is C26H36O3. The number of carbonyl (C=O) groups excluding carboxylic acids is 1. The van der Waals surface area contributed by atoms with E-state index in [1.165, 1.54) is 5.56 Å². The monoisotopic (exact) mass is 396 g/mol. The van der Waals surface area contributed by atoms with Crippen LogP contribution in [0.25, 0.3) is 0 Å². The highest BCUT2D eigenvalue weighted by Gasteiger charge is 2.28. The Morgan fingerprint density at radius 3 is 2.03 bits per heavy atom. The molecule has 0 N–H and O–H groups in total. The first-order valence-electron chi connectivity index (χ1n) is 10.6. The van der Waals surface area contributed by atoms with Crippen molar-refractivity contribution in [1.29, 1.82) is 0 Å². The summed E-state index contributed by atoms with van der Waals surface area (Å²) in [5.41, 5.74) is 3.41. The summed E-state index contributed by atoms with van der Waals surface area (Å²) in [6.07, 6.45) is -0.0626. The van der Waals surface area contributed by atoms with E-state index in [1.807, 2.05) is 50.2 Å². The van der Waals surface area contributed by atoms with Crippen LogP contribution in [0.1, 0.15) is 75.4 Å². The van der Waals surface area contributed by atoms with E-state index in [1.54, 1.807) is 0 Å². The van der Waals surface area contributed by atoms with Gasteiger partial charge in [-0.1, -0.05) is 76.6 Å². The smallest absolute Gasteiger partial charge is 0.196 e. The Hall–Kier alpha value is -2.13. The van der Waals surface area contributed by atoms with Crippen molar-refractivity contribution in [3.8, 4) is 5.75 Å². The number of aryl methyl sites for hydroxylation is 1. The lowest BCUT2D eigenvalue weighted by Crippen LogP contribution is -2.23. The lowest BCUT2D eigenvalue weighted by Gasteiger charge is -2.34. The molecule has 3 heteroatoms. The van der Waals surface area contributed by atoms with Gasteiger partial charge in [0.25, 0.3) is 0 Å². The molecule has 0 saturated carbocycles. The van der Waals surface area contributed by atoms with Crippen molar-refractivity contribution in [2.45, 2.75) is 67.1 Å². The number of hydrogen-bond donors (Lipinski definition) is 0. The molecule has 0 aliphatic carbocycles. The largest absolute Gasteiger partial charge is 0.465 e. The summed E-state index contributed by atoms with van der Waals surface area (Å²) in [6.45, 7) is 15.6. The molecule has 0 radical (unpaired) electrons. The SMILES string of the molecule is Cc1ccc(C(=O)CCOC(C)Oc2ccc(C(C(C)C)C(C)(C)C)cc2)cc1. The van der Waals surface area contributed by atoms with Gasteiger partial charge in [0.05, 0.1) is 6.61 Å². The van der Waals surface area contributed by atoms with Gasteiger partial charge in [0.1, 0.15) is 5.75 Å². The van der Waals surface area contributed by atoms with Gasteiger partial charge in [0, 0.05) is 12.0 Å². The van der Waals surface area contributed by atoms with Crippen LogP contribution >= 0.6 is 0 Å². The zero-order valence-corrected chi connectivity index (χ0v) is 19.0. The van der Waals surface area contributed by atoms with Crippen LogP contribution in [0.2, 0.25) is 0 Å². The van der Waals surface area contributed by atoms with Crippen molar-refractivity contribution in [3.63, 3.8) is 0 Å². The van der Waals surface area contributed by atoms with E-state index in [2.05, 4.69) is 46.8 Å². The molecule has 0 aliphatic heterocycles. The molecular weight excluding hydrogens is 360 g/mol. The first-order chi connectivity index (χ1) is 13.6. The van der Waals surface area contributed by atoms with Gasteiger partial charge < -0.3 is 9.47 Å². The molecule has 0 aromatic heterocycles. The molecule has 0 aliphatic rings. The Morgan fingerprint density at radius 1 is 0.931 bits per heavy atom. The fourth-order valence-corrected chi connectivity index (χ4v) is 4.07. The van der Waals surface area contributed by atoms with Crippen molar-refractivity contribution in [2.75, 3.05) is 6.61 Å². The zero-order chi connectivity index (χ0) is 21.6. The maximum atomic E-state index is 12.2. The number of hydrogen-bond acceptors (Lipinski definition) is 3. The number of carbonyl (C=O) groups is 1. The molecule has 0 amide bonds. The average Bonchev–Trinajstić information content (AvgIpc) is 2.62. The minimum Gasteiger partial charge on any atom is -0.465 e. The van der Waals surface area contributed by atoms with Gasteiger partial charge in [-0.15, -0.1) is 0 Å². The van der Waals surface area contributed by atoms with Crippen LogP contribution in [0.15, 0.2) is 48.5 Å². The fourth-order valence-electron chi connectivity index (χ4n) is 4.07. The van der Waals surface area contributed by atoms with Crippen LogP contribution in [0.3, 0.4) is 0 Å². The minimum atomic E-state index is -0.407. The standard InChI is InChI=1S/C26H36O3/c1-18(2)25(26(5,6)7)22-12-14-23(15-13-22)29-20(4)28-17-16-24(27)21-10-8-19(3)9-11-21/h8-15,18,20,25H,16-17H2,1-7H3. The molecule has 2 rings (SSSR count). The van der Waals surface area contributed by atoms with E-state index in [0.29, 0.717) is 24.9 Å². The van der Waals surface area contributed by atoms with E-state index in [4.69, 9.17) is 9.47 Å². The molecule has 2 aromatic rings. The minimum absolute atomic E-state index is 0.0865. The van der Waals surface area contributed by atoms with E-state index in [0.717, 1.165) is 16.9 Å². The van der Waals surface area contributed by atoms with Crippen molar-refractivity contribution >= 4 is 5.78 Å². The molecule has 0 fully saturated rings.